The Hall–Kier alpha value is -1.56. The van der Waals surface area contributed by atoms with Crippen molar-refractivity contribution in [3.05, 3.63) is 28.2 Å². The molecular formula is C12H15BrN2O3. The monoisotopic (exact) mass is 314 g/mol. The molecule has 0 saturated carbocycles. The molecule has 98 valence electrons. The molecule has 0 heterocycles. The molecule has 5 nitrogen and oxygen atoms in total. The first kappa shape index (κ1) is 14.5. The quantitative estimate of drug-likeness (QED) is 0.640. The summed E-state index contributed by atoms with van der Waals surface area (Å²) in [7, 11) is 0. The Balaban J connectivity index is 2.51. The van der Waals surface area contributed by atoms with E-state index < -0.39 is 5.97 Å². The van der Waals surface area contributed by atoms with Crippen LogP contribution in [0, 0.1) is 0 Å². The summed E-state index contributed by atoms with van der Waals surface area (Å²) >= 11 is 3.22. The predicted octanol–water partition coefficient (Wildman–Crippen LogP) is 1.71. The van der Waals surface area contributed by atoms with E-state index in [0.29, 0.717) is 22.3 Å². The minimum atomic E-state index is -0.501. The van der Waals surface area contributed by atoms with Crippen molar-refractivity contribution in [3.63, 3.8) is 0 Å². The third-order valence-electron chi connectivity index (χ3n) is 2.18. The fourth-order valence-corrected chi connectivity index (χ4v) is 1.73. The average molecular weight is 315 g/mol. The summed E-state index contributed by atoms with van der Waals surface area (Å²) in [6.45, 7) is 2.44. The molecule has 3 N–H and O–H groups in total. The standard InChI is InChI=1S/C12H15BrN2O3/c1-2-15-10(16)6-7-18-12(17)8-4-3-5-9(14)11(8)13/h3-5H,2,6-7,14H2,1H3,(H,15,16). The number of carbonyl (C=O) groups excluding carboxylic acids is 2. The van der Waals surface area contributed by atoms with Crippen molar-refractivity contribution in [2.24, 2.45) is 0 Å². The van der Waals surface area contributed by atoms with Crippen molar-refractivity contribution in [1.29, 1.82) is 0 Å². The van der Waals surface area contributed by atoms with Gasteiger partial charge in [-0.25, -0.2) is 4.79 Å². The molecule has 0 bridgehead atoms. The molecule has 1 aromatic rings. The number of rotatable bonds is 5. The fourth-order valence-electron chi connectivity index (χ4n) is 1.31. The number of hydrogen-bond acceptors (Lipinski definition) is 4. The molecule has 0 unspecified atom stereocenters. The molecular weight excluding hydrogens is 300 g/mol. The van der Waals surface area contributed by atoms with E-state index in [4.69, 9.17) is 10.5 Å². The number of anilines is 1. The van der Waals surface area contributed by atoms with Crippen molar-refractivity contribution < 1.29 is 14.3 Å². The van der Waals surface area contributed by atoms with Crippen LogP contribution in [0.3, 0.4) is 0 Å². The summed E-state index contributed by atoms with van der Waals surface area (Å²) < 4.78 is 5.50. The van der Waals surface area contributed by atoms with Crippen LogP contribution in [0.15, 0.2) is 22.7 Å². The second kappa shape index (κ2) is 7.00. The van der Waals surface area contributed by atoms with Gasteiger partial charge in [-0.2, -0.15) is 0 Å². The molecule has 1 rings (SSSR count). The average Bonchev–Trinajstić information content (AvgIpc) is 2.33. The highest BCUT2D eigenvalue weighted by Crippen LogP contribution is 2.24. The first-order chi connectivity index (χ1) is 8.56. The van der Waals surface area contributed by atoms with Crippen molar-refractivity contribution in [2.45, 2.75) is 13.3 Å². The van der Waals surface area contributed by atoms with Gasteiger partial charge >= 0.3 is 5.97 Å². The lowest BCUT2D eigenvalue weighted by Gasteiger charge is -2.07. The summed E-state index contributed by atoms with van der Waals surface area (Å²) in [5, 5.41) is 2.62. The lowest BCUT2D eigenvalue weighted by Crippen LogP contribution is -2.24. The van der Waals surface area contributed by atoms with Crippen molar-refractivity contribution in [2.75, 3.05) is 18.9 Å². The molecule has 0 radical (unpaired) electrons. The van der Waals surface area contributed by atoms with E-state index in [0.717, 1.165) is 0 Å². The Morgan fingerprint density at radius 2 is 2.17 bits per heavy atom. The Bertz CT molecular complexity index is 449. The number of nitrogens with one attached hydrogen (secondary N) is 1. The van der Waals surface area contributed by atoms with Crippen LogP contribution >= 0.6 is 15.9 Å². The zero-order valence-corrected chi connectivity index (χ0v) is 11.6. The van der Waals surface area contributed by atoms with E-state index in [-0.39, 0.29) is 18.9 Å². The summed E-state index contributed by atoms with van der Waals surface area (Å²) in [6, 6.07) is 4.95. The van der Waals surface area contributed by atoms with Gasteiger partial charge in [0.1, 0.15) is 6.61 Å². The minimum Gasteiger partial charge on any atom is -0.462 e. The van der Waals surface area contributed by atoms with Crippen LogP contribution in [0.4, 0.5) is 5.69 Å². The highest BCUT2D eigenvalue weighted by Gasteiger charge is 2.13. The molecule has 0 aliphatic rings. The van der Waals surface area contributed by atoms with Crippen LogP contribution in [0.1, 0.15) is 23.7 Å². The summed E-state index contributed by atoms with van der Waals surface area (Å²) in [5.74, 6) is -0.643. The fraction of sp³-hybridized carbons (Fsp3) is 0.333. The van der Waals surface area contributed by atoms with Gasteiger partial charge in [0.2, 0.25) is 5.91 Å². The topological polar surface area (TPSA) is 81.4 Å². The number of nitrogens with two attached hydrogens (primary N) is 1. The Kier molecular flexibility index (Phi) is 5.64. The van der Waals surface area contributed by atoms with Gasteiger partial charge in [-0.3, -0.25) is 4.79 Å². The first-order valence-electron chi connectivity index (χ1n) is 5.54. The number of amides is 1. The van der Waals surface area contributed by atoms with Crippen molar-refractivity contribution in [3.8, 4) is 0 Å². The van der Waals surface area contributed by atoms with Gasteiger partial charge in [-0.1, -0.05) is 6.07 Å². The molecule has 0 aliphatic carbocycles. The van der Waals surface area contributed by atoms with Crippen LogP contribution in [0.25, 0.3) is 0 Å². The molecule has 0 saturated heterocycles. The summed E-state index contributed by atoms with van der Waals surface area (Å²) in [6.07, 6.45) is 0.152. The highest BCUT2D eigenvalue weighted by molar-refractivity contribution is 9.10. The van der Waals surface area contributed by atoms with Gasteiger partial charge in [-0.05, 0) is 35.0 Å². The second-order valence-corrected chi connectivity index (χ2v) is 4.34. The second-order valence-electron chi connectivity index (χ2n) is 3.55. The predicted molar refractivity (Wildman–Crippen MR) is 72.1 cm³/mol. The number of carbonyl (C=O) groups is 2. The van der Waals surface area contributed by atoms with Gasteiger partial charge in [0.15, 0.2) is 0 Å². The number of ether oxygens (including phenoxy) is 1. The van der Waals surface area contributed by atoms with Crippen LogP contribution in [0.2, 0.25) is 0 Å². The molecule has 0 fully saturated rings. The van der Waals surface area contributed by atoms with Crippen LogP contribution in [-0.4, -0.2) is 25.0 Å². The van der Waals surface area contributed by atoms with Crippen LogP contribution in [-0.2, 0) is 9.53 Å². The molecule has 6 heteroatoms. The number of halogens is 1. The number of esters is 1. The Labute approximate surface area is 114 Å². The number of nitrogen functional groups attached to an aromatic ring is 1. The van der Waals surface area contributed by atoms with Crippen LogP contribution in [0.5, 0.6) is 0 Å². The van der Waals surface area contributed by atoms with Gasteiger partial charge < -0.3 is 15.8 Å². The maximum absolute atomic E-state index is 11.7. The van der Waals surface area contributed by atoms with Crippen molar-refractivity contribution >= 4 is 33.5 Å². The number of benzene rings is 1. The van der Waals surface area contributed by atoms with E-state index in [1.165, 1.54) is 0 Å². The maximum atomic E-state index is 11.7. The largest absolute Gasteiger partial charge is 0.462 e. The van der Waals surface area contributed by atoms with Crippen molar-refractivity contribution in [1.82, 2.24) is 5.32 Å². The third kappa shape index (κ3) is 4.03. The SMILES string of the molecule is CCNC(=O)CCOC(=O)c1cccc(N)c1Br. The van der Waals surface area contributed by atoms with Gasteiger partial charge in [0.05, 0.1) is 16.5 Å². The molecule has 1 amide bonds. The van der Waals surface area contributed by atoms with E-state index in [1.54, 1.807) is 18.2 Å². The lowest BCUT2D eigenvalue weighted by atomic mass is 10.2. The first-order valence-corrected chi connectivity index (χ1v) is 6.33. The Morgan fingerprint density at radius 3 is 2.83 bits per heavy atom. The van der Waals surface area contributed by atoms with E-state index in [9.17, 15) is 9.59 Å². The van der Waals surface area contributed by atoms with E-state index in [2.05, 4.69) is 21.2 Å². The minimum absolute atomic E-state index is 0.0475. The van der Waals surface area contributed by atoms with Gasteiger partial charge in [-0.15, -0.1) is 0 Å². The molecule has 1 aromatic carbocycles. The Morgan fingerprint density at radius 1 is 1.44 bits per heavy atom. The van der Waals surface area contributed by atoms with Gasteiger partial charge in [0.25, 0.3) is 0 Å². The highest BCUT2D eigenvalue weighted by atomic mass is 79.9. The normalized spacial score (nSPS) is 9.89. The number of hydrogen-bond donors (Lipinski definition) is 2. The van der Waals surface area contributed by atoms with E-state index >= 15 is 0 Å². The summed E-state index contributed by atoms with van der Waals surface area (Å²) in [5.41, 5.74) is 6.47. The van der Waals surface area contributed by atoms with Crippen LogP contribution < -0.4 is 11.1 Å². The van der Waals surface area contributed by atoms with Gasteiger partial charge in [0, 0.05) is 12.2 Å². The summed E-state index contributed by atoms with van der Waals surface area (Å²) in [4.78, 5) is 22.9. The van der Waals surface area contributed by atoms with E-state index in [1.807, 2.05) is 6.92 Å². The molecule has 0 spiro atoms. The molecule has 0 atom stereocenters. The molecule has 0 aliphatic heterocycles. The third-order valence-corrected chi connectivity index (χ3v) is 3.07. The molecule has 18 heavy (non-hydrogen) atoms. The molecule has 0 aromatic heterocycles. The zero-order chi connectivity index (χ0) is 13.5. The maximum Gasteiger partial charge on any atom is 0.339 e. The zero-order valence-electron chi connectivity index (χ0n) is 10.0. The lowest BCUT2D eigenvalue weighted by molar-refractivity contribution is -0.121. The smallest absolute Gasteiger partial charge is 0.339 e.